The average Bonchev–Trinajstić information content (AvgIpc) is 3.14. The van der Waals surface area contributed by atoms with E-state index in [1.54, 1.807) is 0 Å². The molecule has 1 aromatic carbocycles. The van der Waals surface area contributed by atoms with Gasteiger partial charge in [-0.2, -0.15) is 13.2 Å². The summed E-state index contributed by atoms with van der Waals surface area (Å²) < 4.78 is 44.4. The van der Waals surface area contributed by atoms with E-state index in [0.29, 0.717) is 18.5 Å². The van der Waals surface area contributed by atoms with Gasteiger partial charge in [-0.25, -0.2) is 0 Å². The van der Waals surface area contributed by atoms with Gasteiger partial charge in [0, 0.05) is 19.2 Å². The number of nitrogens with one attached hydrogen (secondary N) is 1. The van der Waals surface area contributed by atoms with Crippen molar-refractivity contribution in [3.8, 4) is 0 Å². The first-order valence-electron chi connectivity index (χ1n) is 8.71. The molecule has 2 aliphatic heterocycles. The first-order valence-corrected chi connectivity index (χ1v) is 8.71. The fourth-order valence-corrected chi connectivity index (χ4v) is 3.59. The van der Waals surface area contributed by atoms with Crippen molar-refractivity contribution >= 4 is 5.91 Å². The van der Waals surface area contributed by atoms with Crippen LogP contribution in [0.3, 0.4) is 0 Å². The molecule has 1 aromatic rings. The summed E-state index contributed by atoms with van der Waals surface area (Å²) in [5, 5.41) is 2.68. The summed E-state index contributed by atoms with van der Waals surface area (Å²) in [5.41, 5.74) is -1.20. The molecule has 2 fully saturated rings. The minimum absolute atomic E-state index is 0.306. The summed E-state index contributed by atoms with van der Waals surface area (Å²) >= 11 is 0. The minimum Gasteiger partial charge on any atom is -0.380 e. The predicted octanol–water partition coefficient (Wildman–Crippen LogP) is 2.94. The molecule has 0 radical (unpaired) electrons. The fraction of sp³-hybridized carbons (Fsp3) is 0.611. The van der Waals surface area contributed by atoms with Crippen LogP contribution < -0.4 is 5.32 Å². The Hall–Kier alpha value is -1.60. The Balaban J connectivity index is 1.50. The molecule has 0 aromatic heterocycles. The largest absolute Gasteiger partial charge is 0.417 e. The van der Waals surface area contributed by atoms with E-state index in [0.717, 1.165) is 51.6 Å². The molecule has 7 heteroatoms. The van der Waals surface area contributed by atoms with Gasteiger partial charge in [-0.1, -0.05) is 12.1 Å². The Kier molecular flexibility index (Phi) is 5.64. The third kappa shape index (κ3) is 4.52. The van der Waals surface area contributed by atoms with E-state index < -0.39 is 17.6 Å². The van der Waals surface area contributed by atoms with Gasteiger partial charge in [-0.15, -0.1) is 0 Å². The van der Waals surface area contributed by atoms with Crippen molar-refractivity contribution in [2.24, 2.45) is 5.92 Å². The standard InChI is InChI=1S/C18H23F3N2O2/c19-18(20,21)16-4-2-1-3-15(16)17(24)22-11-13-5-8-23(9-6-13)14-7-10-25-12-14/h1-4,13-14H,5-12H2,(H,22,24)/t14-/m1/s1. The van der Waals surface area contributed by atoms with E-state index in [1.165, 1.54) is 18.2 Å². The van der Waals surface area contributed by atoms with Crippen molar-refractivity contribution < 1.29 is 22.7 Å². The molecule has 0 spiro atoms. The number of rotatable bonds is 4. The molecule has 1 atom stereocenters. The monoisotopic (exact) mass is 356 g/mol. The highest BCUT2D eigenvalue weighted by atomic mass is 19.4. The van der Waals surface area contributed by atoms with Crippen LogP contribution in [0.25, 0.3) is 0 Å². The number of piperidine rings is 1. The molecule has 0 bridgehead atoms. The predicted molar refractivity (Wildman–Crippen MR) is 87.3 cm³/mol. The number of nitrogens with zero attached hydrogens (tertiary/aromatic N) is 1. The quantitative estimate of drug-likeness (QED) is 0.902. The van der Waals surface area contributed by atoms with Gasteiger partial charge in [0.2, 0.25) is 0 Å². The highest BCUT2D eigenvalue weighted by Crippen LogP contribution is 2.31. The maximum absolute atomic E-state index is 13.0. The molecule has 4 nitrogen and oxygen atoms in total. The summed E-state index contributed by atoms with van der Waals surface area (Å²) in [4.78, 5) is 14.6. The molecule has 0 saturated carbocycles. The molecule has 138 valence electrons. The highest BCUT2D eigenvalue weighted by molar-refractivity contribution is 5.95. The normalized spacial score (nSPS) is 22.9. The number of benzene rings is 1. The van der Waals surface area contributed by atoms with Gasteiger partial charge in [0.1, 0.15) is 0 Å². The van der Waals surface area contributed by atoms with Crippen LogP contribution in [0.2, 0.25) is 0 Å². The van der Waals surface area contributed by atoms with Gasteiger partial charge >= 0.3 is 6.18 Å². The lowest BCUT2D eigenvalue weighted by Gasteiger charge is -2.35. The highest BCUT2D eigenvalue weighted by Gasteiger charge is 2.35. The van der Waals surface area contributed by atoms with E-state index in [-0.39, 0.29) is 5.56 Å². The molecule has 2 heterocycles. The Morgan fingerprint density at radius 3 is 2.56 bits per heavy atom. The minimum atomic E-state index is -4.53. The maximum atomic E-state index is 13.0. The molecular formula is C18H23F3N2O2. The number of amides is 1. The van der Waals surface area contributed by atoms with Crippen LogP contribution in [-0.2, 0) is 10.9 Å². The van der Waals surface area contributed by atoms with Crippen molar-refractivity contribution in [2.45, 2.75) is 31.5 Å². The number of alkyl halides is 3. The van der Waals surface area contributed by atoms with Crippen LogP contribution >= 0.6 is 0 Å². The molecule has 0 aliphatic carbocycles. The Morgan fingerprint density at radius 1 is 1.20 bits per heavy atom. The second kappa shape index (κ2) is 7.74. The Labute approximate surface area is 145 Å². The summed E-state index contributed by atoms with van der Waals surface area (Å²) in [6, 6.07) is 5.40. The SMILES string of the molecule is O=C(NCC1CCN([C@@H]2CCOC2)CC1)c1ccccc1C(F)(F)F. The second-order valence-electron chi connectivity index (χ2n) is 6.75. The molecular weight excluding hydrogens is 333 g/mol. The fourth-order valence-electron chi connectivity index (χ4n) is 3.59. The third-order valence-electron chi connectivity index (χ3n) is 5.10. The van der Waals surface area contributed by atoms with E-state index >= 15 is 0 Å². The van der Waals surface area contributed by atoms with E-state index in [2.05, 4.69) is 10.2 Å². The van der Waals surface area contributed by atoms with Crippen LogP contribution in [0.1, 0.15) is 35.2 Å². The van der Waals surface area contributed by atoms with Gasteiger partial charge in [-0.3, -0.25) is 9.69 Å². The van der Waals surface area contributed by atoms with Crippen LogP contribution in [0.4, 0.5) is 13.2 Å². The summed E-state index contributed by atoms with van der Waals surface area (Å²) in [5.74, 6) is -0.347. The molecule has 2 saturated heterocycles. The number of ether oxygens (including phenoxy) is 1. The number of halogens is 3. The molecule has 25 heavy (non-hydrogen) atoms. The van der Waals surface area contributed by atoms with Gasteiger partial charge in [-0.05, 0) is 50.4 Å². The van der Waals surface area contributed by atoms with Crippen molar-refractivity contribution in [1.82, 2.24) is 10.2 Å². The number of carbonyl (C=O) groups excluding carboxylic acids is 1. The molecule has 1 amide bonds. The van der Waals surface area contributed by atoms with Crippen molar-refractivity contribution in [1.29, 1.82) is 0 Å². The van der Waals surface area contributed by atoms with E-state index in [9.17, 15) is 18.0 Å². The first kappa shape index (κ1) is 18.2. The van der Waals surface area contributed by atoms with Crippen LogP contribution in [0.5, 0.6) is 0 Å². The zero-order valence-corrected chi connectivity index (χ0v) is 14.0. The van der Waals surface area contributed by atoms with Gasteiger partial charge in [0.15, 0.2) is 0 Å². The van der Waals surface area contributed by atoms with Gasteiger partial charge in [0.25, 0.3) is 5.91 Å². The molecule has 0 unspecified atom stereocenters. The van der Waals surface area contributed by atoms with E-state index in [4.69, 9.17) is 4.74 Å². The Bertz CT molecular complexity index is 592. The number of carbonyl (C=O) groups is 1. The number of hydrogen-bond acceptors (Lipinski definition) is 3. The number of hydrogen-bond donors (Lipinski definition) is 1. The van der Waals surface area contributed by atoms with Gasteiger partial charge in [0.05, 0.1) is 17.7 Å². The lowest BCUT2D eigenvalue weighted by atomic mass is 9.95. The topological polar surface area (TPSA) is 41.6 Å². The van der Waals surface area contributed by atoms with Crippen LogP contribution in [0, 0.1) is 5.92 Å². The van der Waals surface area contributed by atoms with Gasteiger partial charge < -0.3 is 10.1 Å². The lowest BCUT2D eigenvalue weighted by Crippen LogP contribution is -2.44. The molecule has 1 N–H and O–H groups in total. The van der Waals surface area contributed by atoms with Crippen LogP contribution in [-0.4, -0.2) is 49.7 Å². The molecule has 2 aliphatic rings. The summed E-state index contributed by atoms with van der Waals surface area (Å²) in [6.07, 6.45) is -1.58. The zero-order chi connectivity index (χ0) is 17.9. The lowest BCUT2D eigenvalue weighted by molar-refractivity contribution is -0.137. The zero-order valence-electron chi connectivity index (χ0n) is 14.0. The van der Waals surface area contributed by atoms with E-state index in [1.807, 2.05) is 0 Å². The van der Waals surface area contributed by atoms with Crippen molar-refractivity contribution in [2.75, 3.05) is 32.8 Å². The second-order valence-corrected chi connectivity index (χ2v) is 6.75. The van der Waals surface area contributed by atoms with Crippen LogP contribution in [0.15, 0.2) is 24.3 Å². The summed E-state index contributed by atoms with van der Waals surface area (Å²) in [7, 11) is 0. The maximum Gasteiger partial charge on any atom is 0.417 e. The average molecular weight is 356 g/mol. The smallest absolute Gasteiger partial charge is 0.380 e. The number of likely N-dealkylation sites (tertiary alicyclic amines) is 1. The third-order valence-corrected chi connectivity index (χ3v) is 5.10. The first-order chi connectivity index (χ1) is 11.9. The summed E-state index contributed by atoms with van der Waals surface area (Å²) in [6.45, 7) is 3.93. The Morgan fingerprint density at radius 2 is 1.92 bits per heavy atom. The van der Waals surface area contributed by atoms with Crippen molar-refractivity contribution in [3.63, 3.8) is 0 Å². The van der Waals surface area contributed by atoms with Crippen molar-refractivity contribution in [3.05, 3.63) is 35.4 Å². The molecule has 3 rings (SSSR count).